The summed E-state index contributed by atoms with van der Waals surface area (Å²) in [6.07, 6.45) is 1.21. The molecule has 1 aromatic carbocycles. The van der Waals surface area contributed by atoms with Crippen molar-refractivity contribution in [3.8, 4) is 0 Å². The molecule has 1 N–H and O–H groups in total. The van der Waals surface area contributed by atoms with Gasteiger partial charge in [0.1, 0.15) is 10.9 Å². The number of aromatic nitrogens is 2. The van der Waals surface area contributed by atoms with E-state index in [2.05, 4.69) is 15.5 Å². The van der Waals surface area contributed by atoms with Crippen LogP contribution in [0.3, 0.4) is 0 Å². The molecule has 2 aromatic rings. The minimum Gasteiger partial charge on any atom is -0.311 e. The zero-order valence-corrected chi connectivity index (χ0v) is 16.6. The summed E-state index contributed by atoms with van der Waals surface area (Å²) in [6.45, 7) is 2.04. The molecule has 2 fully saturated rings. The van der Waals surface area contributed by atoms with Crippen LogP contribution in [0.25, 0.3) is 0 Å². The third-order valence-electron chi connectivity index (χ3n) is 4.56. The van der Waals surface area contributed by atoms with Gasteiger partial charge in [0, 0.05) is 12.2 Å². The Hall–Kier alpha value is -1.58. The molecular weight excluding hydrogens is 388 g/mol. The van der Waals surface area contributed by atoms with E-state index in [4.69, 9.17) is 0 Å². The molecule has 0 spiro atoms. The molecule has 2 atom stereocenters. The second kappa shape index (κ2) is 7.21. The van der Waals surface area contributed by atoms with Crippen LogP contribution in [0.5, 0.6) is 0 Å². The smallest absolute Gasteiger partial charge is 0.249 e. The molecule has 2 aliphatic rings. The highest BCUT2D eigenvalue weighted by Crippen LogP contribution is 2.54. The molecule has 0 radical (unpaired) electrons. The number of anilines is 1. The number of carbonyl (C=O) groups excluding carboxylic acids is 2. The largest absolute Gasteiger partial charge is 0.311 e. The monoisotopic (exact) mass is 406 g/mol. The van der Waals surface area contributed by atoms with E-state index in [0.29, 0.717) is 17.3 Å². The number of nitrogens with zero attached hydrogens (tertiary/aromatic N) is 3. The highest BCUT2D eigenvalue weighted by atomic mass is 32.2. The normalized spacial score (nSPS) is 24.7. The molecule has 0 aliphatic carbocycles. The van der Waals surface area contributed by atoms with E-state index in [-0.39, 0.29) is 11.8 Å². The van der Waals surface area contributed by atoms with E-state index in [1.54, 1.807) is 28.4 Å². The highest BCUT2D eigenvalue weighted by molar-refractivity contribution is 8.01. The van der Waals surface area contributed by atoms with E-state index in [0.717, 1.165) is 22.1 Å². The van der Waals surface area contributed by atoms with E-state index in [1.807, 2.05) is 37.3 Å². The maximum atomic E-state index is 12.9. The Kier molecular flexibility index (Phi) is 4.94. The van der Waals surface area contributed by atoms with Gasteiger partial charge in [-0.05, 0) is 17.7 Å². The Morgan fingerprint density at radius 2 is 2.19 bits per heavy atom. The summed E-state index contributed by atoms with van der Waals surface area (Å²) in [5, 5.41) is 11.4. The fourth-order valence-corrected chi connectivity index (χ4v) is 6.77. The van der Waals surface area contributed by atoms with Gasteiger partial charge in [0.05, 0.1) is 0 Å². The standard InChI is InChI=1S/C17H18N4O2S3/c1-2-24-16-20-19-15(26-16)18-14(23)12-10-25-17(9-8-13(22)21(12)17)11-6-4-3-5-7-11/h3-7,12H,2,8-10H2,1H3,(H,18,19,23)/t12-,17-/m1/s1. The SMILES string of the molecule is CCSc1nnc(NC(=O)[C@H]2CS[C@@]3(c4ccccc4)CCC(=O)N23)s1. The first-order chi connectivity index (χ1) is 12.6. The van der Waals surface area contributed by atoms with Crippen molar-refractivity contribution in [1.29, 1.82) is 0 Å². The lowest BCUT2D eigenvalue weighted by Crippen LogP contribution is -2.48. The minimum absolute atomic E-state index is 0.0403. The van der Waals surface area contributed by atoms with Crippen LogP contribution in [0.4, 0.5) is 5.13 Å². The van der Waals surface area contributed by atoms with Crippen LogP contribution in [0.15, 0.2) is 34.7 Å². The summed E-state index contributed by atoms with van der Waals surface area (Å²) in [7, 11) is 0. The fourth-order valence-electron chi connectivity index (χ4n) is 3.47. The topological polar surface area (TPSA) is 75.2 Å². The molecule has 4 rings (SSSR count). The molecule has 3 heterocycles. The number of fused-ring (bicyclic) bond motifs is 1. The van der Waals surface area contributed by atoms with Crippen LogP contribution in [-0.4, -0.2) is 44.5 Å². The van der Waals surface area contributed by atoms with Gasteiger partial charge in [0.2, 0.25) is 16.9 Å². The van der Waals surface area contributed by atoms with Crippen molar-refractivity contribution in [2.75, 3.05) is 16.8 Å². The second-order valence-corrected chi connectivity index (χ2v) is 9.82. The third-order valence-corrected chi connectivity index (χ3v) is 8.01. The van der Waals surface area contributed by atoms with Gasteiger partial charge < -0.3 is 4.90 Å². The van der Waals surface area contributed by atoms with Gasteiger partial charge in [-0.25, -0.2) is 0 Å². The maximum absolute atomic E-state index is 12.9. The molecule has 1 aromatic heterocycles. The first kappa shape index (κ1) is 17.8. The molecular formula is C17H18N4O2S3. The van der Waals surface area contributed by atoms with Crippen LogP contribution >= 0.6 is 34.9 Å². The predicted molar refractivity (Wildman–Crippen MR) is 105 cm³/mol. The number of hydrogen-bond acceptors (Lipinski definition) is 7. The van der Waals surface area contributed by atoms with E-state index < -0.39 is 10.9 Å². The molecule has 2 aliphatic heterocycles. The summed E-state index contributed by atoms with van der Waals surface area (Å²) in [5.41, 5.74) is 1.09. The number of thioether (sulfide) groups is 2. The number of rotatable bonds is 5. The zero-order chi connectivity index (χ0) is 18.1. The van der Waals surface area contributed by atoms with Crippen molar-refractivity contribution >= 4 is 51.8 Å². The Labute approximate surface area is 164 Å². The lowest BCUT2D eigenvalue weighted by molar-refractivity contribution is -0.136. The summed E-state index contributed by atoms with van der Waals surface area (Å²) in [5.74, 6) is 1.35. The molecule has 6 nitrogen and oxygen atoms in total. The number of benzene rings is 1. The van der Waals surface area contributed by atoms with Crippen molar-refractivity contribution in [2.24, 2.45) is 0 Å². The Balaban J connectivity index is 1.55. The fraction of sp³-hybridized carbons (Fsp3) is 0.412. The van der Waals surface area contributed by atoms with Crippen molar-refractivity contribution in [2.45, 2.75) is 35.0 Å². The summed E-state index contributed by atoms with van der Waals surface area (Å²) in [4.78, 5) is 26.8. The average Bonchev–Trinajstić information content (AvgIpc) is 3.33. The molecule has 0 bridgehead atoms. The summed E-state index contributed by atoms with van der Waals surface area (Å²) in [6, 6.07) is 9.52. The van der Waals surface area contributed by atoms with Gasteiger partial charge in [-0.1, -0.05) is 60.4 Å². The maximum Gasteiger partial charge on any atom is 0.249 e. The van der Waals surface area contributed by atoms with Gasteiger partial charge in [-0.2, -0.15) is 0 Å². The minimum atomic E-state index is -0.485. The second-order valence-electron chi connectivity index (χ2n) is 6.04. The van der Waals surface area contributed by atoms with E-state index in [1.165, 1.54) is 11.3 Å². The zero-order valence-electron chi connectivity index (χ0n) is 14.2. The van der Waals surface area contributed by atoms with Crippen molar-refractivity contribution in [3.05, 3.63) is 35.9 Å². The Bertz CT molecular complexity index is 828. The first-order valence-corrected chi connectivity index (χ1v) is 11.2. The van der Waals surface area contributed by atoms with Crippen LogP contribution in [0, 0.1) is 0 Å². The molecule has 26 heavy (non-hydrogen) atoms. The van der Waals surface area contributed by atoms with Crippen LogP contribution in [0.2, 0.25) is 0 Å². The van der Waals surface area contributed by atoms with E-state index >= 15 is 0 Å². The van der Waals surface area contributed by atoms with Crippen LogP contribution < -0.4 is 5.32 Å². The lowest BCUT2D eigenvalue weighted by Gasteiger charge is -2.33. The number of nitrogens with one attached hydrogen (secondary N) is 1. The number of carbonyl (C=O) groups is 2. The van der Waals surface area contributed by atoms with E-state index in [9.17, 15) is 9.59 Å². The van der Waals surface area contributed by atoms with Gasteiger partial charge in [0.15, 0.2) is 4.34 Å². The quantitative estimate of drug-likeness (QED) is 0.607. The van der Waals surface area contributed by atoms with Crippen molar-refractivity contribution in [3.63, 3.8) is 0 Å². The average molecular weight is 407 g/mol. The van der Waals surface area contributed by atoms with Gasteiger partial charge in [0.25, 0.3) is 0 Å². The molecule has 9 heteroatoms. The predicted octanol–water partition coefficient (Wildman–Crippen LogP) is 3.18. The van der Waals surface area contributed by atoms with Crippen LogP contribution in [0.1, 0.15) is 25.3 Å². The number of hydrogen-bond donors (Lipinski definition) is 1. The summed E-state index contributed by atoms with van der Waals surface area (Å²) >= 11 is 4.64. The molecule has 2 saturated heterocycles. The Morgan fingerprint density at radius 1 is 1.38 bits per heavy atom. The van der Waals surface area contributed by atoms with Crippen molar-refractivity contribution in [1.82, 2.24) is 15.1 Å². The first-order valence-electron chi connectivity index (χ1n) is 8.43. The number of amides is 2. The highest BCUT2D eigenvalue weighted by Gasteiger charge is 2.56. The molecule has 136 valence electrons. The third kappa shape index (κ3) is 3.01. The van der Waals surface area contributed by atoms with Gasteiger partial charge in [-0.15, -0.1) is 22.0 Å². The van der Waals surface area contributed by atoms with Gasteiger partial charge in [-0.3, -0.25) is 14.9 Å². The molecule has 0 unspecified atom stereocenters. The molecule has 2 amide bonds. The lowest BCUT2D eigenvalue weighted by atomic mass is 10.0. The van der Waals surface area contributed by atoms with Crippen molar-refractivity contribution < 1.29 is 9.59 Å². The summed E-state index contributed by atoms with van der Waals surface area (Å²) < 4.78 is 0.833. The molecule has 0 saturated carbocycles. The van der Waals surface area contributed by atoms with Crippen LogP contribution in [-0.2, 0) is 14.5 Å². The Morgan fingerprint density at radius 3 is 2.96 bits per heavy atom. The van der Waals surface area contributed by atoms with Gasteiger partial charge >= 0.3 is 0 Å².